The molecular formula is C41H59NO5S2. The molecule has 270 valence electrons. The van der Waals surface area contributed by atoms with Crippen LogP contribution in [-0.4, -0.2) is 55.3 Å². The number of nitrogens with zero attached hydrogens (tertiary/aromatic N) is 1. The maximum Gasteiger partial charge on any atom is 0.336 e. The number of benzene rings is 2. The first kappa shape index (κ1) is 40.7. The molecule has 1 aliphatic heterocycles. The summed E-state index contributed by atoms with van der Waals surface area (Å²) in [5.74, 6) is -1.01. The Morgan fingerprint density at radius 3 is 1.92 bits per heavy atom. The van der Waals surface area contributed by atoms with Crippen molar-refractivity contribution in [2.75, 3.05) is 11.5 Å². The van der Waals surface area contributed by atoms with Crippen molar-refractivity contribution in [3.8, 4) is 0 Å². The minimum Gasteiger partial charge on any atom is -0.479 e. The van der Waals surface area contributed by atoms with Gasteiger partial charge in [-0.2, -0.15) is 11.8 Å². The van der Waals surface area contributed by atoms with Crippen molar-refractivity contribution in [2.45, 2.75) is 128 Å². The molecule has 0 radical (unpaired) electrons. The van der Waals surface area contributed by atoms with Crippen LogP contribution in [0.2, 0.25) is 0 Å². The van der Waals surface area contributed by atoms with E-state index in [0.29, 0.717) is 19.3 Å². The number of ether oxygens (including phenoxy) is 1. The molecule has 1 saturated heterocycles. The van der Waals surface area contributed by atoms with Crippen LogP contribution in [0.25, 0.3) is 0 Å². The van der Waals surface area contributed by atoms with Crippen molar-refractivity contribution in [1.82, 2.24) is 4.90 Å². The molecule has 0 spiro atoms. The number of carboxylic acids is 1. The summed E-state index contributed by atoms with van der Waals surface area (Å²) >= 11 is 7.88. The summed E-state index contributed by atoms with van der Waals surface area (Å²) in [4.78, 5) is 29.0. The smallest absolute Gasteiger partial charge is 0.336 e. The summed E-state index contributed by atoms with van der Waals surface area (Å²) in [5.41, 5.74) is -1.72. The van der Waals surface area contributed by atoms with Crippen molar-refractivity contribution in [2.24, 2.45) is 11.8 Å². The van der Waals surface area contributed by atoms with Gasteiger partial charge in [0.2, 0.25) is 5.91 Å². The van der Waals surface area contributed by atoms with Gasteiger partial charge in [0, 0.05) is 11.1 Å². The minimum atomic E-state index is -2.29. The monoisotopic (exact) mass is 709 g/mol. The lowest BCUT2D eigenvalue weighted by Crippen LogP contribution is -2.56. The number of carboxylic acid groups (broad SMARTS) is 1. The van der Waals surface area contributed by atoms with E-state index in [2.05, 4.69) is 6.92 Å². The van der Waals surface area contributed by atoms with Crippen molar-refractivity contribution >= 4 is 41.0 Å². The fourth-order valence-corrected chi connectivity index (χ4v) is 8.29. The maximum absolute atomic E-state index is 14.8. The molecule has 2 aromatic rings. The van der Waals surface area contributed by atoms with Gasteiger partial charge in [0.25, 0.3) is 5.17 Å². The molecule has 8 heteroatoms. The SMILES string of the molecule is CCCCCCCSCCCCCCC=C[C@H](C(=O)N1C(=S)OC(c2ccccc2)(c2ccccc2)[C@@H]1C(C)C)[C@@](O)(CCCC)C(=O)O. The quantitative estimate of drug-likeness (QED) is 0.0675. The molecule has 3 rings (SSSR count). The third-order valence-electron chi connectivity index (χ3n) is 9.61. The molecule has 1 amide bonds. The predicted molar refractivity (Wildman–Crippen MR) is 207 cm³/mol. The molecule has 2 N–H and O–H groups in total. The van der Waals surface area contributed by atoms with Crippen LogP contribution in [0.15, 0.2) is 72.8 Å². The van der Waals surface area contributed by atoms with Crippen LogP contribution < -0.4 is 0 Å². The highest BCUT2D eigenvalue weighted by atomic mass is 32.2. The maximum atomic E-state index is 14.8. The Kier molecular flexibility index (Phi) is 17.3. The number of thiocarbonyl (C=S) groups is 1. The molecule has 0 saturated carbocycles. The Hall–Kier alpha value is -2.68. The summed E-state index contributed by atoms with van der Waals surface area (Å²) in [5, 5.41) is 22.2. The minimum absolute atomic E-state index is 0.0168. The molecule has 3 atom stereocenters. The first-order valence-electron chi connectivity index (χ1n) is 18.5. The highest BCUT2D eigenvalue weighted by Gasteiger charge is 2.60. The fourth-order valence-electron chi connectivity index (χ4n) is 6.93. The Labute approximate surface area is 305 Å². The standard InChI is InChI=1S/C41H59NO5S2/c1-5-7-9-13-22-30-49-31-23-14-11-10-12-21-28-35(40(46,38(44)45)29-8-6-2)37(43)42-36(32(3)4)41(47-39(42)48,33-24-17-15-18-25-33)34-26-19-16-20-27-34/h15-21,24-28,32,35-36,46H,5-14,22-23,29-31H2,1-4H3,(H,44,45)/t35-,36+,40+/m1/s1. The van der Waals surface area contributed by atoms with Gasteiger partial charge in [0.15, 0.2) is 11.2 Å². The Morgan fingerprint density at radius 1 is 0.878 bits per heavy atom. The average molecular weight is 710 g/mol. The van der Waals surface area contributed by atoms with Gasteiger partial charge in [0.05, 0.1) is 12.0 Å². The molecule has 2 aromatic carbocycles. The van der Waals surface area contributed by atoms with E-state index in [1.54, 1.807) is 6.08 Å². The van der Waals surface area contributed by atoms with Crippen LogP contribution in [0, 0.1) is 11.8 Å². The molecule has 6 nitrogen and oxygen atoms in total. The number of aliphatic hydroxyl groups is 1. The fraction of sp³-hybridized carbons (Fsp3) is 0.585. The van der Waals surface area contributed by atoms with Crippen molar-refractivity contribution in [1.29, 1.82) is 0 Å². The summed E-state index contributed by atoms with van der Waals surface area (Å²) in [6, 6.07) is 18.9. The number of carbonyl (C=O) groups excluding carboxylic acids is 1. The van der Waals surface area contributed by atoms with Gasteiger partial charge in [-0.3, -0.25) is 9.69 Å². The number of amides is 1. The third kappa shape index (κ3) is 10.7. The lowest BCUT2D eigenvalue weighted by Gasteiger charge is -2.39. The number of aliphatic carboxylic acids is 1. The van der Waals surface area contributed by atoms with E-state index in [4.69, 9.17) is 17.0 Å². The second kappa shape index (κ2) is 20.9. The Morgan fingerprint density at radius 2 is 1.41 bits per heavy atom. The number of thioether (sulfide) groups is 1. The van der Waals surface area contributed by atoms with Crippen LogP contribution in [0.1, 0.15) is 122 Å². The van der Waals surface area contributed by atoms with Gasteiger partial charge in [-0.25, -0.2) is 4.79 Å². The lowest BCUT2D eigenvalue weighted by atomic mass is 9.75. The molecule has 1 fully saturated rings. The molecule has 0 aromatic heterocycles. The van der Waals surface area contributed by atoms with Gasteiger partial charge < -0.3 is 14.9 Å². The number of unbranched alkanes of at least 4 members (excludes halogenated alkanes) is 9. The Balaban J connectivity index is 1.82. The van der Waals surface area contributed by atoms with Crippen LogP contribution >= 0.6 is 24.0 Å². The molecule has 1 heterocycles. The van der Waals surface area contributed by atoms with E-state index in [0.717, 1.165) is 30.4 Å². The van der Waals surface area contributed by atoms with Crippen molar-refractivity contribution in [3.05, 3.63) is 83.9 Å². The zero-order valence-corrected chi connectivity index (χ0v) is 31.8. The molecular weight excluding hydrogens is 651 g/mol. The number of rotatable bonds is 23. The van der Waals surface area contributed by atoms with Crippen LogP contribution in [0.5, 0.6) is 0 Å². The number of hydrogen-bond donors (Lipinski definition) is 2. The summed E-state index contributed by atoms with van der Waals surface area (Å²) < 4.78 is 6.64. The number of allylic oxidation sites excluding steroid dienone is 1. The first-order chi connectivity index (χ1) is 23.6. The average Bonchev–Trinajstić information content (AvgIpc) is 3.43. The van der Waals surface area contributed by atoms with Crippen molar-refractivity contribution in [3.63, 3.8) is 0 Å². The van der Waals surface area contributed by atoms with Gasteiger partial charge in [-0.1, -0.05) is 152 Å². The van der Waals surface area contributed by atoms with Crippen LogP contribution in [-0.2, 0) is 19.9 Å². The largest absolute Gasteiger partial charge is 0.479 e. The molecule has 49 heavy (non-hydrogen) atoms. The van der Waals surface area contributed by atoms with Crippen LogP contribution in [0.3, 0.4) is 0 Å². The van der Waals surface area contributed by atoms with Crippen LogP contribution in [0.4, 0.5) is 0 Å². The van der Waals surface area contributed by atoms with E-state index in [1.807, 2.05) is 99.3 Å². The second-order valence-corrected chi connectivity index (χ2v) is 15.3. The third-order valence-corrected chi connectivity index (χ3v) is 11.0. The topological polar surface area (TPSA) is 87.1 Å². The normalized spacial score (nSPS) is 17.7. The molecule has 0 bridgehead atoms. The lowest BCUT2D eigenvalue weighted by molar-refractivity contribution is -0.169. The number of hydrogen-bond acceptors (Lipinski definition) is 6. The number of carbonyl (C=O) groups is 2. The zero-order valence-electron chi connectivity index (χ0n) is 30.1. The molecule has 1 aliphatic rings. The highest BCUT2D eigenvalue weighted by Crippen LogP contribution is 2.48. The second-order valence-electron chi connectivity index (χ2n) is 13.7. The van der Waals surface area contributed by atoms with Gasteiger partial charge in [-0.05, 0) is 61.7 Å². The van der Waals surface area contributed by atoms with E-state index < -0.39 is 35.0 Å². The molecule has 0 unspecified atom stereocenters. The van der Waals surface area contributed by atoms with Gasteiger partial charge in [0.1, 0.15) is 0 Å². The summed E-state index contributed by atoms with van der Waals surface area (Å²) in [6.45, 7) is 8.21. The van der Waals surface area contributed by atoms with E-state index >= 15 is 0 Å². The first-order valence-corrected chi connectivity index (χ1v) is 20.1. The summed E-state index contributed by atoms with van der Waals surface area (Å²) in [6.07, 6.45) is 16.2. The Bertz CT molecular complexity index is 1280. The van der Waals surface area contributed by atoms with E-state index in [-0.39, 0.29) is 17.5 Å². The van der Waals surface area contributed by atoms with E-state index in [9.17, 15) is 19.8 Å². The summed E-state index contributed by atoms with van der Waals surface area (Å²) in [7, 11) is 0. The van der Waals surface area contributed by atoms with Gasteiger partial charge in [-0.15, -0.1) is 0 Å². The van der Waals surface area contributed by atoms with E-state index in [1.165, 1.54) is 54.9 Å². The predicted octanol–water partition coefficient (Wildman–Crippen LogP) is 9.93. The molecule has 0 aliphatic carbocycles. The van der Waals surface area contributed by atoms with Crippen molar-refractivity contribution < 1.29 is 24.5 Å². The zero-order chi connectivity index (χ0) is 35.7. The van der Waals surface area contributed by atoms with Gasteiger partial charge >= 0.3 is 5.97 Å². The highest BCUT2D eigenvalue weighted by molar-refractivity contribution is 7.99.